The van der Waals surface area contributed by atoms with Gasteiger partial charge < -0.3 is 23.8 Å². The van der Waals surface area contributed by atoms with E-state index >= 15 is 4.11 Å². The Labute approximate surface area is 287 Å². The number of fused-ring (bicyclic) bond motifs is 2. The monoisotopic (exact) mass is 682 g/mol. The van der Waals surface area contributed by atoms with Gasteiger partial charge in [0.05, 0.1) is 48.8 Å². The number of benzene rings is 3. The number of carbonyl (C=O) groups excluding carboxylic acids is 3. The number of hydrazone groups is 1. The fraction of sp³-hybridized carbons (Fsp3) is 0.421. The number of amides is 3. The number of anilines is 2. The maximum Gasteiger partial charge on any atom is 0.264 e. The maximum absolute atomic E-state index is 16.5. The van der Waals surface area contributed by atoms with E-state index in [0.29, 0.717) is 36.3 Å². The van der Waals surface area contributed by atoms with Gasteiger partial charge in [0.1, 0.15) is 0 Å². The molecule has 0 unspecified atom stereocenters. The zero-order chi connectivity index (χ0) is 34.5. The van der Waals surface area contributed by atoms with Crippen LogP contribution in [0.2, 0.25) is 18.6 Å². The minimum atomic E-state index is -3.53. The SMILES string of the molecule is C[C@H]1[C@H]([Si](C)(C)F)[C@@H](CC(=O)N2CCC[C@H]2CO)O[C@]12C(=O)N(Cc1ccccc1)c1ccc(N3N=C(c4ccccc4)CCC3=O)cc12. The highest BCUT2D eigenvalue weighted by atomic mass is 28.4. The lowest BCUT2D eigenvalue weighted by Crippen LogP contribution is -2.45. The molecule has 3 aromatic rings. The van der Waals surface area contributed by atoms with Crippen LogP contribution in [-0.2, 0) is 31.3 Å². The Hall–Kier alpha value is -4.19. The highest BCUT2D eigenvalue weighted by molar-refractivity contribution is 6.72. The summed E-state index contributed by atoms with van der Waals surface area (Å²) in [4.78, 5) is 45.3. The fourth-order valence-electron chi connectivity index (χ4n) is 8.53. The summed E-state index contributed by atoms with van der Waals surface area (Å²) < 4.78 is 23.4. The lowest BCUT2D eigenvalue weighted by molar-refractivity contribution is -0.150. The van der Waals surface area contributed by atoms with Crippen LogP contribution in [0.3, 0.4) is 0 Å². The van der Waals surface area contributed by atoms with Crippen LogP contribution in [0, 0.1) is 5.92 Å². The van der Waals surface area contributed by atoms with E-state index in [4.69, 9.17) is 9.84 Å². The van der Waals surface area contributed by atoms with Gasteiger partial charge in [-0.3, -0.25) is 14.4 Å². The molecule has 5 atom stereocenters. The number of aliphatic hydroxyl groups is 1. The Morgan fingerprint density at radius 1 is 1.04 bits per heavy atom. The predicted octanol–water partition coefficient (Wildman–Crippen LogP) is 5.91. The van der Waals surface area contributed by atoms with Crippen molar-refractivity contribution in [1.82, 2.24) is 4.90 Å². The first-order valence-electron chi connectivity index (χ1n) is 17.3. The van der Waals surface area contributed by atoms with Crippen molar-refractivity contribution in [3.63, 3.8) is 0 Å². The van der Waals surface area contributed by atoms with Crippen LogP contribution in [0.4, 0.5) is 15.5 Å². The third-order valence-corrected chi connectivity index (χ3v) is 13.3. The van der Waals surface area contributed by atoms with Crippen LogP contribution in [0.15, 0.2) is 84.0 Å². The van der Waals surface area contributed by atoms with Crippen LogP contribution < -0.4 is 9.91 Å². The van der Waals surface area contributed by atoms with Crippen molar-refractivity contribution in [1.29, 1.82) is 0 Å². The van der Waals surface area contributed by atoms with E-state index < -0.39 is 31.6 Å². The van der Waals surface area contributed by atoms with Gasteiger partial charge in [0.2, 0.25) is 20.2 Å². The van der Waals surface area contributed by atoms with Crippen LogP contribution in [-0.4, -0.2) is 67.1 Å². The van der Waals surface area contributed by atoms with Crippen LogP contribution in [0.5, 0.6) is 0 Å². The molecule has 4 aliphatic heterocycles. The van der Waals surface area contributed by atoms with E-state index in [9.17, 15) is 19.5 Å². The molecule has 0 bridgehead atoms. The topological polar surface area (TPSA) is 103 Å². The second kappa shape index (κ2) is 12.9. The first-order chi connectivity index (χ1) is 23.5. The summed E-state index contributed by atoms with van der Waals surface area (Å²) in [5, 5.41) is 16.1. The molecule has 4 heterocycles. The Bertz CT molecular complexity index is 1780. The minimum absolute atomic E-state index is 0.0794. The number of nitrogens with zero attached hydrogens (tertiary/aromatic N) is 4. The number of hydrogen-bond donors (Lipinski definition) is 1. The summed E-state index contributed by atoms with van der Waals surface area (Å²) in [5.41, 5.74) is 2.09. The molecule has 4 aliphatic rings. The molecule has 3 amide bonds. The molecule has 1 N–H and O–H groups in total. The molecule has 1 spiro atoms. The summed E-state index contributed by atoms with van der Waals surface area (Å²) in [6, 6.07) is 24.6. The van der Waals surface area contributed by atoms with Crippen molar-refractivity contribution in [2.24, 2.45) is 11.0 Å². The molecule has 0 aromatic heterocycles. The fourth-order valence-corrected chi connectivity index (χ4v) is 11.0. The zero-order valence-electron chi connectivity index (χ0n) is 28.2. The van der Waals surface area contributed by atoms with Crippen molar-refractivity contribution in [3.05, 3.63) is 95.6 Å². The average molecular weight is 683 g/mol. The van der Waals surface area contributed by atoms with Gasteiger partial charge in [-0.2, -0.15) is 5.10 Å². The predicted molar refractivity (Wildman–Crippen MR) is 188 cm³/mol. The van der Waals surface area contributed by atoms with Crippen molar-refractivity contribution in [3.8, 4) is 0 Å². The average Bonchev–Trinajstić information content (AvgIpc) is 3.76. The summed E-state index contributed by atoms with van der Waals surface area (Å²) in [5.74, 6) is -1.27. The maximum atomic E-state index is 16.5. The molecule has 3 aromatic carbocycles. The van der Waals surface area contributed by atoms with Crippen LogP contribution >= 0.6 is 0 Å². The highest BCUT2D eigenvalue weighted by Gasteiger charge is 2.67. The molecule has 2 saturated heterocycles. The third kappa shape index (κ3) is 5.81. The van der Waals surface area contributed by atoms with Crippen molar-refractivity contribution in [2.75, 3.05) is 23.1 Å². The highest BCUT2D eigenvalue weighted by Crippen LogP contribution is 2.61. The smallest absolute Gasteiger partial charge is 0.264 e. The Balaban J connectivity index is 1.32. The van der Waals surface area contributed by atoms with Crippen molar-refractivity contribution in [2.45, 2.75) is 82.0 Å². The van der Waals surface area contributed by atoms with E-state index in [1.165, 1.54) is 5.01 Å². The second-order valence-corrected chi connectivity index (χ2v) is 18.0. The van der Waals surface area contributed by atoms with Crippen LogP contribution in [0.25, 0.3) is 0 Å². The van der Waals surface area contributed by atoms with Gasteiger partial charge in [-0.25, -0.2) is 5.01 Å². The Kier molecular flexibility index (Phi) is 8.79. The molecule has 2 fully saturated rings. The van der Waals surface area contributed by atoms with Crippen LogP contribution in [0.1, 0.15) is 55.7 Å². The molecular weight excluding hydrogens is 640 g/mol. The van der Waals surface area contributed by atoms with Gasteiger partial charge in [0, 0.05) is 36.4 Å². The first-order valence-corrected chi connectivity index (χ1v) is 20.2. The summed E-state index contributed by atoms with van der Waals surface area (Å²) in [7, 11) is -3.53. The molecule has 0 saturated carbocycles. The van der Waals surface area contributed by atoms with Crippen molar-refractivity contribution >= 4 is 43.2 Å². The lowest BCUT2D eigenvalue weighted by Gasteiger charge is -2.31. The van der Waals surface area contributed by atoms with Gasteiger partial charge in [0.25, 0.3) is 5.91 Å². The minimum Gasteiger partial charge on any atom is -0.394 e. The van der Waals surface area contributed by atoms with E-state index in [1.807, 2.05) is 73.7 Å². The Morgan fingerprint density at radius 3 is 2.45 bits per heavy atom. The number of hydrogen-bond acceptors (Lipinski definition) is 6. The van der Waals surface area contributed by atoms with E-state index in [1.54, 1.807) is 35.0 Å². The lowest BCUT2D eigenvalue weighted by atomic mass is 9.82. The molecule has 256 valence electrons. The second-order valence-electron chi connectivity index (χ2n) is 14.2. The molecule has 7 rings (SSSR count). The van der Waals surface area contributed by atoms with Gasteiger partial charge in [0.15, 0.2) is 5.60 Å². The van der Waals surface area contributed by atoms with E-state index in [2.05, 4.69) is 0 Å². The Morgan fingerprint density at radius 2 is 1.76 bits per heavy atom. The number of ether oxygens (including phenoxy) is 1. The number of rotatable bonds is 8. The number of halogens is 1. The van der Waals surface area contributed by atoms with Gasteiger partial charge >= 0.3 is 0 Å². The molecular formula is C38H43FN4O5Si. The molecule has 11 heteroatoms. The summed E-state index contributed by atoms with van der Waals surface area (Å²) >= 11 is 0. The van der Waals surface area contributed by atoms with Crippen molar-refractivity contribution < 1.29 is 28.3 Å². The summed E-state index contributed by atoms with van der Waals surface area (Å²) in [6.07, 6.45) is 1.38. The standard InChI is InChI=1S/C38H43FN4O5Si/c1-25-36(49(2,3)39)33(22-35(46)41-20-10-15-29(41)24-44)48-38(25)30-21-28(43-34(45)19-17-31(40-43)27-13-8-5-9-14-27)16-18-32(30)42(37(38)47)23-26-11-6-4-7-12-26/h4-9,11-14,16,18,21,25,29,33,36,44H,10,15,17,19-20,22-24H2,1-3H3/t25-,29-,33+,36-,38+/m0/s1. The largest absolute Gasteiger partial charge is 0.394 e. The molecule has 0 aliphatic carbocycles. The quantitative estimate of drug-likeness (QED) is 0.235. The number of carbonyl (C=O) groups is 3. The van der Waals surface area contributed by atoms with E-state index in [0.717, 1.165) is 23.3 Å². The molecule has 49 heavy (non-hydrogen) atoms. The number of aliphatic hydroxyl groups excluding tert-OH is 1. The number of likely N-dealkylation sites (tertiary alicyclic amines) is 1. The van der Waals surface area contributed by atoms with E-state index in [-0.39, 0.29) is 49.8 Å². The molecule has 0 radical (unpaired) electrons. The van der Waals surface area contributed by atoms with Gasteiger partial charge in [-0.1, -0.05) is 67.6 Å². The third-order valence-electron chi connectivity index (χ3n) is 10.8. The molecule has 9 nitrogen and oxygen atoms in total. The summed E-state index contributed by atoms with van der Waals surface area (Å²) in [6.45, 7) is 5.78. The normalized spacial score (nSPS) is 26.9. The van der Waals surface area contributed by atoms with Gasteiger partial charge in [-0.05, 0) is 55.3 Å². The zero-order valence-corrected chi connectivity index (χ0v) is 29.2. The first kappa shape index (κ1) is 33.3. The van der Waals surface area contributed by atoms with Gasteiger partial charge in [-0.15, -0.1) is 0 Å².